The first-order valence-electron chi connectivity index (χ1n) is 9.54. The van der Waals surface area contributed by atoms with Crippen LogP contribution in [0.2, 0.25) is 0 Å². The van der Waals surface area contributed by atoms with Crippen LogP contribution in [0.3, 0.4) is 0 Å². The van der Waals surface area contributed by atoms with Crippen molar-refractivity contribution < 1.29 is 14.6 Å². The molecule has 0 aliphatic carbocycles. The second-order valence-electron chi connectivity index (χ2n) is 6.40. The van der Waals surface area contributed by atoms with Crippen molar-refractivity contribution in [3.05, 3.63) is 46.7 Å². The van der Waals surface area contributed by atoms with Crippen LogP contribution in [0.1, 0.15) is 19.4 Å². The zero-order chi connectivity index (χ0) is 21.7. The first-order chi connectivity index (χ1) is 14.5. The number of aromatic hydroxyl groups is 1. The molecule has 0 saturated heterocycles. The van der Waals surface area contributed by atoms with E-state index in [4.69, 9.17) is 21.7 Å². The summed E-state index contributed by atoms with van der Waals surface area (Å²) in [5.74, 6) is 1.11. The fourth-order valence-electron chi connectivity index (χ4n) is 3.11. The molecule has 0 radical (unpaired) electrons. The number of anilines is 1. The van der Waals surface area contributed by atoms with E-state index in [1.807, 2.05) is 12.1 Å². The number of nitrogens with zero attached hydrogens (tertiary/aromatic N) is 4. The van der Waals surface area contributed by atoms with Gasteiger partial charge < -0.3 is 19.5 Å². The average molecular weight is 428 g/mol. The maximum absolute atomic E-state index is 10.1. The van der Waals surface area contributed by atoms with Gasteiger partial charge in [-0.2, -0.15) is 14.9 Å². The second kappa shape index (κ2) is 9.45. The van der Waals surface area contributed by atoms with Crippen LogP contribution < -0.4 is 14.4 Å². The highest BCUT2D eigenvalue weighted by atomic mass is 32.1. The maximum atomic E-state index is 10.1. The molecule has 30 heavy (non-hydrogen) atoms. The minimum atomic E-state index is -0.0638. The Morgan fingerprint density at radius 2 is 1.73 bits per heavy atom. The minimum absolute atomic E-state index is 0.0638. The Balaban J connectivity index is 1.95. The van der Waals surface area contributed by atoms with Gasteiger partial charge in [-0.3, -0.25) is 0 Å². The predicted octanol–water partition coefficient (Wildman–Crippen LogP) is 4.06. The summed E-state index contributed by atoms with van der Waals surface area (Å²) in [6, 6.07) is 11.4. The first-order valence-corrected chi connectivity index (χ1v) is 9.95. The van der Waals surface area contributed by atoms with Gasteiger partial charge in [0, 0.05) is 29.9 Å². The SMILES string of the molecule is CCN(CC)c1ccc(-c2n[nH]c(=S)n2N=Cc2cc(OC)c(O)c(OC)c2)cc1. The minimum Gasteiger partial charge on any atom is -0.502 e. The van der Waals surface area contributed by atoms with Crippen LogP contribution in [0, 0.1) is 4.77 Å². The largest absolute Gasteiger partial charge is 0.502 e. The Morgan fingerprint density at radius 1 is 1.13 bits per heavy atom. The van der Waals surface area contributed by atoms with E-state index in [-0.39, 0.29) is 5.75 Å². The van der Waals surface area contributed by atoms with Gasteiger partial charge in [0.1, 0.15) is 0 Å². The summed E-state index contributed by atoms with van der Waals surface area (Å²) < 4.78 is 12.3. The van der Waals surface area contributed by atoms with E-state index in [2.05, 4.69) is 46.2 Å². The van der Waals surface area contributed by atoms with E-state index in [0.717, 1.165) is 24.3 Å². The molecule has 1 aromatic heterocycles. The van der Waals surface area contributed by atoms with Crippen LogP contribution in [-0.4, -0.2) is 53.5 Å². The Hall–Kier alpha value is -3.33. The molecular weight excluding hydrogens is 402 g/mol. The van der Waals surface area contributed by atoms with Crippen molar-refractivity contribution in [2.24, 2.45) is 5.10 Å². The Labute approximate surface area is 180 Å². The summed E-state index contributed by atoms with van der Waals surface area (Å²) in [5, 5.41) is 21.6. The number of hydrogen-bond acceptors (Lipinski definition) is 7. The third-order valence-corrected chi connectivity index (χ3v) is 4.99. The molecule has 0 unspecified atom stereocenters. The number of benzene rings is 2. The molecular formula is C21H25N5O3S. The number of phenols is 1. The highest BCUT2D eigenvalue weighted by molar-refractivity contribution is 7.71. The van der Waals surface area contributed by atoms with Crippen molar-refractivity contribution >= 4 is 24.1 Å². The molecule has 0 aliphatic rings. The summed E-state index contributed by atoms with van der Waals surface area (Å²) in [5.41, 5.74) is 2.71. The third-order valence-electron chi connectivity index (χ3n) is 4.73. The lowest BCUT2D eigenvalue weighted by Gasteiger charge is -2.20. The van der Waals surface area contributed by atoms with Gasteiger partial charge in [-0.25, -0.2) is 5.10 Å². The summed E-state index contributed by atoms with van der Waals surface area (Å²) in [6.45, 7) is 6.14. The number of rotatable bonds is 8. The molecule has 0 amide bonds. The summed E-state index contributed by atoms with van der Waals surface area (Å²) >= 11 is 5.34. The van der Waals surface area contributed by atoms with Crippen molar-refractivity contribution in [3.8, 4) is 28.6 Å². The van der Waals surface area contributed by atoms with Crippen molar-refractivity contribution in [3.63, 3.8) is 0 Å². The van der Waals surface area contributed by atoms with Crippen molar-refractivity contribution in [1.29, 1.82) is 0 Å². The molecule has 0 bridgehead atoms. The van der Waals surface area contributed by atoms with E-state index < -0.39 is 0 Å². The fraction of sp³-hybridized carbons (Fsp3) is 0.286. The van der Waals surface area contributed by atoms with Crippen LogP contribution in [0.5, 0.6) is 17.2 Å². The van der Waals surface area contributed by atoms with Crippen molar-refractivity contribution in [1.82, 2.24) is 14.9 Å². The molecule has 8 nitrogen and oxygen atoms in total. The molecule has 9 heteroatoms. The Morgan fingerprint density at radius 3 is 2.27 bits per heavy atom. The molecule has 2 N–H and O–H groups in total. The molecule has 1 heterocycles. The lowest BCUT2D eigenvalue weighted by molar-refractivity contribution is 0.340. The summed E-state index contributed by atoms with van der Waals surface area (Å²) in [6.07, 6.45) is 1.60. The lowest BCUT2D eigenvalue weighted by Crippen LogP contribution is -2.21. The number of hydrogen-bond donors (Lipinski definition) is 2. The molecule has 158 valence electrons. The van der Waals surface area contributed by atoms with Crippen molar-refractivity contribution in [2.75, 3.05) is 32.2 Å². The van der Waals surface area contributed by atoms with Gasteiger partial charge in [-0.1, -0.05) is 0 Å². The lowest BCUT2D eigenvalue weighted by atomic mass is 10.2. The Bertz CT molecular complexity index is 1060. The van der Waals surface area contributed by atoms with Gasteiger partial charge in [-0.05, 0) is 62.5 Å². The van der Waals surface area contributed by atoms with Crippen LogP contribution in [0.25, 0.3) is 11.4 Å². The second-order valence-corrected chi connectivity index (χ2v) is 6.79. The van der Waals surface area contributed by atoms with Crippen molar-refractivity contribution in [2.45, 2.75) is 13.8 Å². The number of aromatic amines is 1. The number of nitrogens with one attached hydrogen (secondary N) is 1. The van der Waals surface area contributed by atoms with E-state index in [9.17, 15) is 5.11 Å². The van der Waals surface area contributed by atoms with Gasteiger partial charge in [0.2, 0.25) is 10.5 Å². The average Bonchev–Trinajstić information content (AvgIpc) is 3.14. The van der Waals surface area contributed by atoms with Crippen LogP contribution >= 0.6 is 12.2 Å². The normalized spacial score (nSPS) is 11.1. The topological polar surface area (TPSA) is 87.9 Å². The molecule has 0 aliphatic heterocycles. The van der Waals surface area contributed by atoms with E-state index in [0.29, 0.717) is 27.7 Å². The smallest absolute Gasteiger partial charge is 0.216 e. The maximum Gasteiger partial charge on any atom is 0.216 e. The quantitative estimate of drug-likeness (QED) is 0.416. The molecule has 0 saturated carbocycles. The van der Waals surface area contributed by atoms with E-state index in [1.54, 1.807) is 23.0 Å². The van der Waals surface area contributed by atoms with Gasteiger partial charge >= 0.3 is 0 Å². The molecule has 3 rings (SSSR count). The molecule has 0 spiro atoms. The summed E-state index contributed by atoms with van der Waals surface area (Å²) in [7, 11) is 2.95. The van der Waals surface area contributed by atoms with Gasteiger partial charge in [0.25, 0.3) is 0 Å². The first kappa shape index (κ1) is 21.4. The zero-order valence-electron chi connectivity index (χ0n) is 17.4. The number of methoxy groups -OCH3 is 2. The standard InChI is InChI=1S/C21H25N5O3S/c1-5-25(6-2)16-9-7-15(8-10-16)20-23-24-21(30)26(20)22-13-14-11-17(28-3)19(27)18(12-14)29-4/h7-13,27H,5-6H2,1-4H3,(H,24,30). The number of aromatic nitrogens is 3. The molecule has 0 atom stereocenters. The predicted molar refractivity (Wildman–Crippen MR) is 121 cm³/mol. The van der Waals surface area contributed by atoms with Crippen LogP contribution in [0.15, 0.2) is 41.5 Å². The highest BCUT2D eigenvalue weighted by Crippen LogP contribution is 2.36. The number of H-pyrrole nitrogens is 1. The molecule has 2 aromatic carbocycles. The number of ether oxygens (including phenoxy) is 2. The van der Waals surface area contributed by atoms with Gasteiger partial charge in [0.15, 0.2) is 17.3 Å². The monoisotopic (exact) mass is 427 g/mol. The van der Waals surface area contributed by atoms with E-state index >= 15 is 0 Å². The van der Waals surface area contributed by atoms with E-state index in [1.165, 1.54) is 14.2 Å². The Kier molecular flexibility index (Phi) is 6.73. The third kappa shape index (κ3) is 4.30. The zero-order valence-corrected chi connectivity index (χ0v) is 18.2. The summed E-state index contributed by atoms with van der Waals surface area (Å²) in [4.78, 5) is 2.27. The molecule has 0 fully saturated rings. The van der Waals surface area contributed by atoms with Gasteiger partial charge in [0.05, 0.1) is 20.4 Å². The fourth-order valence-corrected chi connectivity index (χ4v) is 3.29. The number of phenolic OH excluding ortho intramolecular Hbond substituents is 1. The highest BCUT2D eigenvalue weighted by Gasteiger charge is 2.12. The van der Waals surface area contributed by atoms with Crippen LogP contribution in [0.4, 0.5) is 5.69 Å². The van der Waals surface area contributed by atoms with Crippen LogP contribution in [-0.2, 0) is 0 Å². The molecule has 3 aromatic rings. The van der Waals surface area contributed by atoms with Gasteiger partial charge in [-0.15, -0.1) is 0 Å².